The third-order valence-electron chi connectivity index (χ3n) is 1.49. The van der Waals surface area contributed by atoms with Gasteiger partial charge in [-0.25, -0.2) is 9.98 Å². The van der Waals surface area contributed by atoms with E-state index in [0.29, 0.717) is 10.8 Å². The van der Waals surface area contributed by atoms with Crippen molar-refractivity contribution in [2.45, 2.75) is 0 Å². The Bertz CT molecular complexity index is 288. The molecule has 56 valence electrons. The predicted molar refractivity (Wildman–Crippen MR) is 47.5 cm³/mol. The summed E-state index contributed by atoms with van der Waals surface area (Å²) in [6.45, 7) is 0. The monoisotopic (exact) mass is 166 g/mol. The largest absolute Gasteiger partial charge is 0.286 e. The molecule has 2 aliphatic heterocycles. The molecule has 2 aliphatic rings. The molecule has 0 bridgehead atoms. The van der Waals surface area contributed by atoms with Crippen LogP contribution in [0.1, 0.15) is 0 Å². The number of nitrogens with zero attached hydrogens (tertiary/aromatic N) is 3. The number of rotatable bonds is 0. The SMILES string of the molecule is CN1NC(=S)C1=C1N=CC=N1. The minimum Gasteiger partial charge on any atom is -0.286 e. The normalized spacial score (nSPS) is 20.8. The van der Waals surface area contributed by atoms with Crippen molar-refractivity contribution in [1.82, 2.24) is 10.4 Å². The second kappa shape index (κ2) is 2.13. The van der Waals surface area contributed by atoms with E-state index >= 15 is 0 Å². The zero-order valence-electron chi connectivity index (χ0n) is 5.90. The first-order chi connectivity index (χ1) is 5.29. The lowest BCUT2D eigenvalue weighted by Crippen LogP contribution is -2.53. The molecule has 11 heavy (non-hydrogen) atoms. The average molecular weight is 166 g/mol. The van der Waals surface area contributed by atoms with Crippen molar-refractivity contribution in [1.29, 1.82) is 0 Å². The molecule has 0 amide bonds. The summed E-state index contributed by atoms with van der Waals surface area (Å²) in [5, 5.41) is 1.80. The van der Waals surface area contributed by atoms with Gasteiger partial charge in [0.1, 0.15) is 10.7 Å². The van der Waals surface area contributed by atoms with E-state index in [1.54, 1.807) is 17.4 Å². The molecule has 0 aromatic rings. The van der Waals surface area contributed by atoms with Gasteiger partial charge < -0.3 is 0 Å². The van der Waals surface area contributed by atoms with Crippen molar-refractivity contribution in [3.05, 3.63) is 11.5 Å². The van der Waals surface area contributed by atoms with E-state index < -0.39 is 0 Å². The van der Waals surface area contributed by atoms with Crippen LogP contribution in [0.5, 0.6) is 0 Å². The van der Waals surface area contributed by atoms with Crippen LogP contribution in [0.4, 0.5) is 0 Å². The van der Waals surface area contributed by atoms with Gasteiger partial charge in [0, 0.05) is 19.5 Å². The highest BCUT2D eigenvalue weighted by Gasteiger charge is 2.26. The highest BCUT2D eigenvalue weighted by molar-refractivity contribution is 7.80. The molecule has 2 heterocycles. The van der Waals surface area contributed by atoms with Crippen LogP contribution in [-0.4, -0.2) is 29.5 Å². The van der Waals surface area contributed by atoms with Crippen LogP contribution in [0.15, 0.2) is 21.5 Å². The summed E-state index contributed by atoms with van der Waals surface area (Å²) in [6.07, 6.45) is 3.30. The van der Waals surface area contributed by atoms with E-state index in [1.165, 1.54) is 0 Å². The van der Waals surface area contributed by atoms with Crippen LogP contribution >= 0.6 is 12.2 Å². The highest BCUT2D eigenvalue weighted by Crippen LogP contribution is 2.19. The number of hydrazine groups is 1. The first kappa shape index (κ1) is 6.48. The van der Waals surface area contributed by atoms with Gasteiger partial charge in [-0.1, -0.05) is 12.2 Å². The standard InChI is InChI=1S/C6H6N4S/c1-10-4(6(11)9-10)5-7-2-3-8-5/h2-3H,1H3,(H,9,11). The average Bonchev–Trinajstić information content (AvgIpc) is 2.39. The van der Waals surface area contributed by atoms with E-state index in [0.717, 1.165) is 5.70 Å². The van der Waals surface area contributed by atoms with Gasteiger partial charge in [0.15, 0.2) is 5.82 Å². The molecular weight excluding hydrogens is 160 g/mol. The number of aliphatic imine (C=N–C) groups is 2. The van der Waals surface area contributed by atoms with Crippen molar-refractivity contribution in [2.75, 3.05) is 7.05 Å². The minimum atomic E-state index is 0.691. The van der Waals surface area contributed by atoms with Gasteiger partial charge in [0.25, 0.3) is 0 Å². The predicted octanol–water partition coefficient (Wildman–Crippen LogP) is 0.0881. The van der Waals surface area contributed by atoms with E-state index in [9.17, 15) is 0 Å². The lowest BCUT2D eigenvalue weighted by Gasteiger charge is -2.34. The molecule has 0 unspecified atom stereocenters. The molecule has 0 atom stereocenters. The van der Waals surface area contributed by atoms with Crippen molar-refractivity contribution >= 4 is 29.6 Å². The molecule has 0 aliphatic carbocycles. The topological polar surface area (TPSA) is 40.0 Å². The second-order valence-corrected chi connectivity index (χ2v) is 2.64. The molecule has 1 fully saturated rings. The lowest BCUT2D eigenvalue weighted by atomic mass is 10.3. The molecule has 0 radical (unpaired) electrons. The maximum Gasteiger partial charge on any atom is 0.180 e. The van der Waals surface area contributed by atoms with Crippen molar-refractivity contribution in [3.8, 4) is 0 Å². The maximum atomic E-state index is 4.96. The van der Waals surface area contributed by atoms with Gasteiger partial charge in [-0.05, 0) is 0 Å². The summed E-state index contributed by atoms with van der Waals surface area (Å²) in [7, 11) is 1.88. The quantitative estimate of drug-likeness (QED) is 0.409. The van der Waals surface area contributed by atoms with Crippen LogP contribution in [0.25, 0.3) is 0 Å². The molecular formula is C6H6N4S. The maximum absolute atomic E-state index is 4.96. The molecule has 5 heteroatoms. The first-order valence-corrected chi connectivity index (χ1v) is 3.55. The Hall–Kier alpha value is -1.23. The van der Waals surface area contributed by atoms with E-state index in [2.05, 4.69) is 15.4 Å². The van der Waals surface area contributed by atoms with Gasteiger partial charge in [-0.2, -0.15) is 0 Å². The Morgan fingerprint density at radius 1 is 1.45 bits per heavy atom. The Morgan fingerprint density at radius 2 is 2.09 bits per heavy atom. The number of nitrogens with one attached hydrogen (secondary N) is 1. The molecule has 0 aromatic heterocycles. The Labute approximate surface area is 69.3 Å². The number of likely N-dealkylation sites (N-methyl/N-ethyl adjacent to an activating group) is 1. The van der Waals surface area contributed by atoms with E-state index in [1.807, 2.05) is 7.05 Å². The molecule has 0 spiro atoms. The molecule has 0 saturated carbocycles. The van der Waals surface area contributed by atoms with Crippen molar-refractivity contribution in [3.63, 3.8) is 0 Å². The Kier molecular flexibility index (Phi) is 1.25. The highest BCUT2D eigenvalue weighted by atomic mass is 32.1. The van der Waals surface area contributed by atoms with Crippen LogP contribution in [0, 0.1) is 0 Å². The van der Waals surface area contributed by atoms with E-state index in [4.69, 9.17) is 12.2 Å². The Morgan fingerprint density at radius 3 is 2.55 bits per heavy atom. The smallest absolute Gasteiger partial charge is 0.180 e. The zero-order valence-corrected chi connectivity index (χ0v) is 6.72. The summed E-state index contributed by atoms with van der Waals surface area (Å²) < 4.78 is 0. The molecule has 1 N–H and O–H groups in total. The molecule has 1 saturated heterocycles. The van der Waals surface area contributed by atoms with Crippen LogP contribution in [-0.2, 0) is 0 Å². The summed E-state index contributed by atoms with van der Waals surface area (Å²) in [5.74, 6) is 0.691. The number of hydrogen-bond acceptors (Lipinski definition) is 4. The van der Waals surface area contributed by atoms with E-state index in [-0.39, 0.29) is 0 Å². The van der Waals surface area contributed by atoms with Crippen molar-refractivity contribution < 1.29 is 0 Å². The van der Waals surface area contributed by atoms with Gasteiger partial charge in [-0.3, -0.25) is 10.4 Å². The third-order valence-corrected chi connectivity index (χ3v) is 1.78. The van der Waals surface area contributed by atoms with Gasteiger partial charge in [0.2, 0.25) is 0 Å². The Balaban J connectivity index is 2.39. The molecule has 4 nitrogen and oxygen atoms in total. The zero-order chi connectivity index (χ0) is 7.84. The fraction of sp³-hybridized carbons (Fsp3) is 0.167. The third kappa shape index (κ3) is 0.848. The fourth-order valence-corrected chi connectivity index (χ4v) is 1.34. The molecule has 0 aromatic carbocycles. The number of hydrogen-bond donors (Lipinski definition) is 1. The number of thiocarbonyl (C=S) groups is 1. The summed E-state index contributed by atoms with van der Waals surface area (Å²) in [6, 6.07) is 0. The summed E-state index contributed by atoms with van der Waals surface area (Å²) in [4.78, 5) is 8.75. The van der Waals surface area contributed by atoms with Crippen molar-refractivity contribution in [2.24, 2.45) is 9.98 Å². The summed E-state index contributed by atoms with van der Waals surface area (Å²) >= 11 is 4.96. The lowest BCUT2D eigenvalue weighted by molar-refractivity contribution is 0.335. The minimum absolute atomic E-state index is 0.691. The van der Waals surface area contributed by atoms with Gasteiger partial charge in [-0.15, -0.1) is 0 Å². The fourth-order valence-electron chi connectivity index (χ4n) is 0.976. The van der Waals surface area contributed by atoms with Crippen LogP contribution < -0.4 is 5.43 Å². The summed E-state index contributed by atoms with van der Waals surface area (Å²) in [5.41, 5.74) is 3.79. The first-order valence-electron chi connectivity index (χ1n) is 3.15. The van der Waals surface area contributed by atoms with Crippen LogP contribution in [0.2, 0.25) is 0 Å². The van der Waals surface area contributed by atoms with Crippen LogP contribution in [0.3, 0.4) is 0 Å². The second-order valence-electron chi connectivity index (χ2n) is 2.23. The molecule has 2 rings (SSSR count). The van der Waals surface area contributed by atoms with Gasteiger partial charge >= 0.3 is 0 Å². The van der Waals surface area contributed by atoms with Gasteiger partial charge in [0.05, 0.1) is 0 Å².